The van der Waals surface area contributed by atoms with Crippen LogP contribution in [-0.4, -0.2) is 36.5 Å². The van der Waals surface area contributed by atoms with Gasteiger partial charge in [-0.2, -0.15) is 0 Å². The Labute approximate surface area is 156 Å². The maximum atomic E-state index is 12.1. The first-order chi connectivity index (χ1) is 12.7. The summed E-state index contributed by atoms with van der Waals surface area (Å²) in [5.41, 5.74) is 2.51. The van der Waals surface area contributed by atoms with Crippen LogP contribution in [0.15, 0.2) is 54.6 Å². The highest BCUT2D eigenvalue weighted by Crippen LogP contribution is 2.15. The molecule has 0 atom stereocenters. The molecule has 1 fully saturated rings. The molecule has 4 heteroatoms. The number of likely N-dealkylation sites (tertiary alicyclic amines) is 1. The number of nitrogens with one attached hydrogen (secondary N) is 1. The number of benzene rings is 2. The molecule has 138 valence electrons. The first-order valence-electron chi connectivity index (χ1n) is 9.44. The second kappa shape index (κ2) is 9.39. The topological polar surface area (TPSA) is 41.6 Å². The van der Waals surface area contributed by atoms with Gasteiger partial charge in [-0.05, 0) is 43.0 Å². The van der Waals surface area contributed by atoms with E-state index in [1.165, 1.54) is 5.56 Å². The average Bonchev–Trinajstić information content (AvgIpc) is 2.64. The molecule has 0 bridgehead atoms. The molecule has 1 saturated heterocycles. The van der Waals surface area contributed by atoms with Crippen LogP contribution in [0.25, 0.3) is 0 Å². The first kappa shape index (κ1) is 18.5. The fourth-order valence-corrected chi connectivity index (χ4v) is 3.34. The summed E-state index contributed by atoms with van der Waals surface area (Å²) >= 11 is 0. The molecule has 4 nitrogen and oxygen atoms in total. The van der Waals surface area contributed by atoms with Gasteiger partial charge in [0.1, 0.15) is 5.75 Å². The molecule has 0 aliphatic carbocycles. The lowest BCUT2D eigenvalue weighted by Gasteiger charge is -2.32. The third-order valence-electron chi connectivity index (χ3n) is 4.79. The van der Waals surface area contributed by atoms with Crippen molar-refractivity contribution in [3.63, 3.8) is 0 Å². The van der Waals surface area contributed by atoms with Crippen LogP contribution in [-0.2, 0) is 11.3 Å². The van der Waals surface area contributed by atoms with Gasteiger partial charge >= 0.3 is 0 Å². The molecule has 1 aliphatic rings. The zero-order valence-corrected chi connectivity index (χ0v) is 15.5. The van der Waals surface area contributed by atoms with Crippen molar-refractivity contribution in [2.45, 2.75) is 38.8 Å². The van der Waals surface area contributed by atoms with Gasteiger partial charge in [-0.25, -0.2) is 0 Å². The van der Waals surface area contributed by atoms with E-state index >= 15 is 0 Å². The molecule has 3 rings (SSSR count). The van der Waals surface area contributed by atoms with Crippen LogP contribution < -0.4 is 10.1 Å². The van der Waals surface area contributed by atoms with Gasteiger partial charge in [0.05, 0.1) is 13.0 Å². The predicted octanol–water partition coefficient (Wildman–Crippen LogP) is 3.54. The zero-order valence-electron chi connectivity index (χ0n) is 15.5. The van der Waals surface area contributed by atoms with Crippen molar-refractivity contribution in [2.24, 2.45) is 0 Å². The van der Waals surface area contributed by atoms with Gasteiger partial charge in [0, 0.05) is 25.7 Å². The molecule has 0 radical (unpaired) electrons. The minimum Gasteiger partial charge on any atom is -0.493 e. The summed E-state index contributed by atoms with van der Waals surface area (Å²) in [6, 6.07) is 18.7. The standard InChI is InChI=1S/C22H28N2O2/c1-18-6-5-9-21(16-18)26-15-12-22(25)23-20-10-13-24(14-11-20)17-19-7-3-2-4-8-19/h2-9,16,20H,10-15,17H2,1H3,(H,23,25). The number of piperidine rings is 1. The van der Waals surface area contributed by atoms with Crippen LogP contribution in [0.2, 0.25) is 0 Å². The number of hydrogen-bond donors (Lipinski definition) is 1. The van der Waals surface area contributed by atoms with Crippen molar-refractivity contribution >= 4 is 5.91 Å². The summed E-state index contributed by atoms with van der Waals surface area (Å²) in [7, 11) is 0. The highest BCUT2D eigenvalue weighted by molar-refractivity contribution is 5.76. The molecule has 1 N–H and O–H groups in total. The number of carbonyl (C=O) groups is 1. The van der Waals surface area contributed by atoms with Crippen molar-refractivity contribution in [3.8, 4) is 5.75 Å². The van der Waals surface area contributed by atoms with Crippen LogP contribution in [0.3, 0.4) is 0 Å². The summed E-state index contributed by atoms with van der Waals surface area (Å²) in [4.78, 5) is 14.6. The van der Waals surface area contributed by atoms with Crippen LogP contribution in [0.4, 0.5) is 0 Å². The Morgan fingerprint density at radius 2 is 1.88 bits per heavy atom. The van der Waals surface area contributed by atoms with E-state index in [9.17, 15) is 4.79 Å². The van der Waals surface area contributed by atoms with E-state index in [2.05, 4.69) is 34.5 Å². The Morgan fingerprint density at radius 1 is 1.12 bits per heavy atom. The molecule has 1 aliphatic heterocycles. The van der Waals surface area contributed by atoms with E-state index in [0.29, 0.717) is 13.0 Å². The van der Waals surface area contributed by atoms with E-state index in [1.807, 2.05) is 37.3 Å². The van der Waals surface area contributed by atoms with Crippen LogP contribution >= 0.6 is 0 Å². The van der Waals surface area contributed by atoms with E-state index in [0.717, 1.165) is 43.8 Å². The molecular formula is C22H28N2O2. The number of nitrogens with zero attached hydrogens (tertiary/aromatic N) is 1. The number of hydrogen-bond acceptors (Lipinski definition) is 3. The Kier molecular flexibility index (Phi) is 6.67. The Hall–Kier alpha value is -2.33. The lowest BCUT2D eigenvalue weighted by atomic mass is 10.0. The third-order valence-corrected chi connectivity index (χ3v) is 4.79. The molecule has 0 saturated carbocycles. The van der Waals surface area contributed by atoms with Gasteiger partial charge in [-0.1, -0.05) is 42.5 Å². The Morgan fingerprint density at radius 3 is 2.62 bits per heavy atom. The van der Waals surface area contributed by atoms with Crippen molar-refractivity contribution < 1.29 is 9.53 Å². The summed E-state index contributed by atoms with van der Waals surface area (Å²) in [5, 5.41) is 3.16. The average molecular weight is 352 g/mol. The summed E-state index contributed by atoms with van der Waals surface area (Å²) in [5.74, 6) is 0.909. The molecular weight excluding hydrogens is 324 g/mol. The van der Waals surface area contributed by atoms with Crippen molar-refractivity contribution in [1.82, 2.24) is 10.2 Å². The molecule has 2 aromatic rings. The van der Waals surface area contributed by atoms with E-state index in [1.54, 1.807) is 0 Å². The fraction of sp³-hybridized carbons (Fsp3) is 0.409. The van der Waals surface area contributed by atoms with Crippen LogP contribution in [0.5, 0.6) is 5.75 Å². The number of carbonyl (C=O) groups excluding carboxylic acids is 1. The smallest absolute Gasteiger partial charge is 0.223 e. The summed E-state index contributed by atoms with van der Waals surface area (Å²) in [6.45, 7) is 5.50. The SMILES string of the molecule is Cc1cccc(OCCC(=O)NC2CCN(Cc3ccccc3)CC2)c1. The molecule has 2 aromatic carbocycles. The van der Waals surface area contributed by atoms with Gasteiger partial charge in [0.15, 0.2) is 0 Å². The maximum Gasteiger partial charge on any atom is 0.223 e. The normalized spacial score (nSPS) is 15.6. The van der Waals surface area contributed by atoms with E-state index in [-0.39, 0.29) is 11.9 Å². The first-order valence-corrected chi connectivity index (χ1v) is 9.44. The number of aryl methyl sites for hydroxylation is 1. The van der Waals surface area contributed by atoms with Gasteiger partial charge in [0.25, 0.3) is 0 Å². The van der Waals surface area contributed by atoms with Gasteiger partial charge in [0.2, 0.25) is 5.91 Å². The number of ether oxygens (including phenoxy) is 1. The van der Waals surface area contributed by atoms with Gasteiger partial charge in [-0.3, -0.25) is 9.69 Å². The lowest BCUT2D eigenvalue weighted by Crippen LogP contribution is -2.44. The highest BCUT2D eigenvalue weighted by Gasteiger charge is 2.20. The largest absolute Gasteiger partial charge is 0.493 e. The van der Waals surface area contributed by atoms with E-state index in [4.69, 9.17) is 4.74 Å². The fourth-order valence-electron chi connectivity index (χ4n) is 3.34. The van der Waals surface area contributed by atoms with Crippen molar-refractivity contribution in [1.29, 1.82) is 0 Å². The summed E-state index contributed by atoms with van der Waals surface area (Å²) < 4.78 is 5.66. The molecule has 1 heterocycles. The molecule has 0 spiro atoms. The highest BCUT2D eigenvalue weighted by atomic mass is 16.5. The second-order valence-electron chi connectivity index (χ2n) is 7.02. The molecule has 26 heavy (non-hydrogen) atoms. The monoisotopic (exact) mass is 352 g/mol. The summed E-state index contributed by atoms with van der Waals surface area (Å²) in [6.07, 6.45) is 2.42. The second-order valence-corrected chi connectivity index (χ2v) is 7.02. The lowest BCUT2D eigenvalue weighted by molar-refractivity contribution is -0.122. The number of rotatable bonds is 7. The van der Waals surface area contributed by atoms with E-state index < -0.39 is 0 Å². The van der Waals surface area contributed by atoms with Gasteiger partial charge in [-0.15, -0.1) is 0 Å². The Balaban J connectivity index is 1.33. The van der Waals surface area contributed by atoms with Crippen LogP contribution in [0, 0.1) is 6.92 Å². The van der Waals surface area contributed by atoms with Gasteiger partial charge < -0.3 is 10.1 Å². The minimum absolute atomic E-state index is 0.0826. The Bertz CT molecular complexity index is 694. The predicted molar refractivity (Wildman–Crippen MR) is 104 cm³/mol. The van der Waals surface area contributed by atoms with Crippen molar-refractivity contribution in [2.75, 3.05) is 19.7 Å². The van der Waals surface area contributed by atoms with Crippen LogP contribution in [0.1, 0.15) is 30.4 Å². The maximum absolute atomic E-state index is 12.1. The minimum atomic E-state index is 0.0826. The molecule has 0 aromatic heterocycles. The quantitative estimate of drug-likeness (QED) is 0.829. The third kappa shape index (κ3) is 5.88. The molecule has 0 unspecified atom stereocenters. The zero-order chi connectivity index (χ0) is 18.2. The molecule has 1 amide bonds. The van der Waals surface area contributed by atoms with Crippen molar-refractivity contribution in [3.05, 3.63) is 65.7 Å². The number of amides is 1.